The molecule has 244 valence electrons. The molecule has 2 aromatic heterocycles. The van der Waals surface area contributed by atoms with Crippen LogP contribution >= 0.6 is 0 Å². The van der Waals surface area contributed by atoms with E-state index in [2.05, 4.69) is 25.8 Å². The highest BCUT2D eigenvalue weighted by atomic mass is 16.5. The zero-order valence-electron chi connectivity index (χ0n) is 26.7. The summed E-state index contributed by atoms with van der Waals surface area (Å²) in [5.74, 6) is 0.811. The fraction of sp³-hybridized carbons (Fsp3) is 0.303. The standard InChI is InChI=1S/C33H38N10O4/c1-33(2,3)24-17-25(41-47-24)40-32(46)39-22-9-11-23(12-10-22)42(4)30-26(28(35)37-18-38-30)27(34)19-5-7-21(8-6-19)31(45)43-15-13-20(14-16-43)29(36)44/h5-12,17-18,20,34H,13-16H2,1-4H3,(H2,36,44)(H2,35,37,38)(H2,39,40,41,46). The molecular formula is C33H38N10O4. The highest BCUT2D eigenvalue weighted by molar-refractivity contribution is 6.16. The largest absolute Gasteiger partial charge is 0.383 e. The number of nitrogen functional groups attached to an aromatic ring is 1. The van der Waals surface area contributed by atoms with Gasteiger partial charge in [0.25, 0.3) is 5.91 Å². The molecule has 1 aliphatic heterocycles. The molecule has 0 radical (unpaired) electrons. The van der Waals surface area contributed by atoms with Crippen molar-refractivity contribution in [2.75, 3.05) is 41.4 Å². The minimum absolute atomic E-state index is 0.0867. The molecule has 14 heteroatoms. The van der Waals surface area contributed by atoms with E-state index in [9.17, 15) is 14.4 Å². The van der Waals surface area contributed by atoms with Gasteiger partial charge in [-0.15, -0.1) is 0 Å². The number of nitrogens with two attached hydrogens (primary N) is 2. The Morgan fingerprint density at radius 2 is 1.62 bits per heavy atom. The van der Waals surface area contributed by atoms with Crippen LogP contribution in [0.25, 0.3) is 0 Å². The fourth-order valence-electron chi connectivity index (χ4n) is 5.21. The number of likely N-dealkylation sites (tertiary alicyclic amines) is 1. The van der Waals surface area contributed by atoms with Crippen LogP contribution in [0.1, 0.15) is 60.9 Å². The number of benzene rings is 2. The highest BCUT2D eigenvalue weighted by Gasteiger charge is 2.27. The second-order valence-corrected chi connectivity index (χ2v) is 12.4. The van der Waals surface area contributed by atoms with Gasteiger partial charge in [-0.25, -0.2) is 14.8 Å². The lowest BCUT2D eigenvalue weighted by molar-refractivity contribution is -0.123. The Labute approximate surface area is 272 Å². The number of anilines is 5. The van der Waals surface area contributed by atoms with Gasteiger partial charge in [0.1, 0.15) is 23.7 Å². The van der Waals surface area contributed by atoms with E-state index >= 15 is 0 Å². The number of hydrogen-bond donors (Lipinski definition) is 5. The van der Waals surface area contributed by atoms with Crippen LogP contribution in [0.15, 0.2) is 65.4 Å². The maximum atomic E-state index is 13.1. The molecule has 1 saturated heterocycles. The Morgan fingerprint density at radius 3 is 2.21 bits per heavy atom. The summed E-state index contributed by atoms with van der Waals surface area (Å²) >= 11 is 0. The van der Waals surface area contributed by atoms with E-state index in [1.807, 2.05) is 20.8 Å². The Kier molecular flexibility index (Phi) is 9.22. The average Bonchev–Trinajstić information content (AvgIpc) is 3.53. The summed E-state index contributed by atoms with van der Waals surface area (Å²) in [6.45, 7) is 6.88. The van der Waals surface area contributed by atoms with Crippen molar-refractivity contribution >= 4 is 52.4 Å². The molecule has 14 nitrogen and oxygen atoms in total. The zero-order valence-corrected chi connectivity index (χ0v) is 26.7. The van der Waals surface area contributed by atoms with Gasteiger partial charge < -0.3 is 31.1 Å². The van der Waals surface area contributed by atoms with Crippen LogP contribution in [0.3, 0.4) is 0 Å². The molecule has 0 aliphatic carbocycles. The molecule has 4 amide bonds. The van der Waals surface area contributed by atoms with Gasteiger partial charge in [-0.2, -0.15) is 0 Å². The first-order valence-corrected chi connectivity index (χ1v) is 15.1. The van der Waals surface area contributed by atoms with Crippen LogP contribution in [-0.4, -0.2) is 63.7 Å². The summed E-state index contributed by atoms with van der Waals surface area (Å²) in [7, 11) is 1.79. The lowest BCUT2D eigenvalue weighted by Crippen LogP contribution is -2.41. The smallest absolute Gasteiger partial charge is 0.324 e. The van der Waals surface area contributed by atoms with E-state index in [0.717, 1.165) is 5.69 Å². The van der Waals surface area contributed by atoms with Crippen LogP contribution in [0.5, 0.6) is 0 Å². The third kappa shape index (κ3) is 7.38. The first kappa shape index (κ1) is 32.6. The molecule has 4 aromatic rings. The summed E-state index contributed by atoms with van der Waals surface area (Å²) < 4.78 is 5.31. The highest BCUT2D eigenvalue weighted by Crippen LogP contribution is 2.30. The quantitative estimate of drug-likeness (QED) is 0.172. The number of carbonyl (C=O) groups excluding carboxylic acids is 3. The lowest BCUT2D eigenvalue weighted by Gasteiger charge is -2.30. The van der Waals surface area contributed by atoms with Crippen molar-refractivity contribution in [3.05, 3.63) is 83.4 Å². The van der Waals surface area contributed by atoms with Gasteiger partial charge in [0, 0.05) is 60.0 Å². The lowest BCUT2D eigenvalue weighted by atomic mass is 9.93. The predicted octanol–water partition coefficient (Wildman–Crippen LogP) is 4.51. The van der Waals surface area contributed by atoms with Crippen LogP contribution < -0.4 is 27.0 Å². The molecule has 0 bridgehead atoms. The first-order chi connectivity index (χ1) is 22.3. The fourth-order valence-corrected chi connectivity index (χ4v) is 5.21. The SMILES string of the molecule is CN(c1ccc(NC(=O)Nc2cc(C(C)(C)C)on2)cc1)c1ncnc(N)c1C(=N)c1ccc(C(=O)N2CCC(C(N)=O)CC2)cc1. The molecule has 0 saturated carbocycles. The van der Waals surface area contributed by atoms with Crippen molar-refractivity contribution < 1.29 is 18.9 Å². The Bertz CT molecular complexity index is 1790. The van der Waals surface area contributed by atoms with Crippen molar-refractivity contribution in [1.29, 1.82) is 5.41 Å². The number of amides is 4. The number of piperidine rings is 1. The number of nitrogens with zero attached hydrogens (tertiary/aromatic N) is 5. The first-order valence-electron chi connectivity index (χ1n) is 15.1. The average molecular weight is 639 g/mol. The van der Waals surface area contributed by atoms with E-state index in [1.54, 1.807) is 71.4 Å². The minimum atomic E-state index is -0.473. The van der Waals surface area contributed by atoms with Crippen LogP contribution in [-0.2, 0) is 10.2 Å². The number of rotatable bonds is 8. The molecule has 7 N–H and O–H groups in total. The topological polar surface area (TPSA) is 209 Å². The third-order valence-electron chi connectivity index (χ3n) is 8.03. The maximum absolute atomic E-state index is 13.1. The van der Waals surface area contributed by atoms with Gasteiger partial charge in [-0.3, -0.25) is 20.3 Å². The van der Waals surface area contributed by atoms with E-state index in [0.29, 0.717) is 65.7 Å². The number of aromatic nitrogens is 3. The number of hydrogen-bond acceptors (Lipinski definition) is 10. The number of urea groups is 1. The van der Waals surface area contributed by atoms with E-state index in [1.165, 1.54) is 6.33 Å². The monoisotopic (exact) mass is 638 g/mol. The van der Waals surface area contributed by atoms with Gasteiger partial charge >= 0.3 is 6.03 Å². The Balaban J connectivity index is 1.26. The molecule has 1 aliphatic rings. The third-order valence-corrected chi connectivity index (χ3v) is 8.03. The predicted molar refractivity (Wildman–Crippen MR) is 179 cm³/mol. The van der Waals surface area contributed by atoms with Crippen molar-refractivity contribution in [2.24, 2.45) is 11.7 Å². The number of primary amides is 1. The van der Waals surface area contributed by atoms with Crippen molar-refractivity contribution in [3.8, 4) is 0 Å². The normalized spacial score (nSPS) is 13.6. The molecule has 0 unspecified atom stereocenters. The van der Waals surface area contributed by atoms with Crippen LogP contribution in [0.4, 0.5) is 33.6 Å². The molecule has 47 heavy (non-hydrogen) atoms. The van der Waals surface area contributed by atoms with Crippen molar-refractivity contribution in [1.82, 2.24) is 20.0 Å². The second-order valence-electron chi connectivity index (χ2n) is 12.4. The zero-order chi connectivity index (χ0) is 33.9. The maximum Gasteiger partial charge on any atom is 0.324 e. The molecule has 0 atom stereocenters. The Hall–Kier alpha value is -5.79. The van der Waals surface area contributed by atoms with Gasteiger partial charge in [0.2, 0.25) is 5.91 Å². The molecule has 3 heterocycles. The van der Waals surface area contributed by atoms with Gasteiger partial charge in [0.05, 0.1) is 11.3 Å². The van der Waals surface area contributed by atoms with Crippen LogP contribution in [0.2, 0.25) is 0 Å². The molecule has 0 spiro atoms. The Morgan fingerprint density at radius 1 is 0.979 bits per heavy atom. The van der Waals surface area contributed by atoms with E-state index in [4.69, 9.17) is 21.4 Å². The summed E-state index contributed by atoms with van der Waals surface area (Å²) in [5.41, 5.74) is 14.1. The molecule has 5 rings (SSSR count). The summed E-state index contributed by atoms with van der Waals surface area (Å²) in [5, 5.41) is 18.3. The van der Waals surface area contributed by atoms with Gasteiger partial charge in [-0.05, 0) is 49.2 Å². The van der Waals surface area contributed by atoms with Crippen molar-refractivity contribution in [2.45, 2.75) is 39.0 Å². The summed E-state index contributed by atoms with van der Waals surface area (Å²) in [6, 6.07) is 15.0. The second kappa shape index (κ2) is 13.3. The molecule has 1 fully saturated rings. The molecule has 2 aromatic carbocycles. The summed E-state index contributed by atoms with van der Waals surface area (Å²) in [6.07, 6.45) is 2.42. The summed E-state index contributed by atoms with van der Waals surface area (Å²) in [4.78, 5) is 49.1. The molecular weight excluding hydrogens is 600 g/mol. The van der Waals surface area contributed by atoms with E-state index in [-0.39, 0.29) is 34.7 Å². The number of nitrogens with one attached hydrogen (secondary N) is 3. The van der Waals surface area contributed by atoms with Crippen LogP contribution in [0, 0.1) is 11.3 Å². The van der Waals surface area contributed by atoms with Gasteiger partial charge in [-0.1, -0.05) is 38.1 Å². The van der Waals surface area contributed by atoms with Gasteiger partial charge in [0.15, 0.2) is 5.82 Å². The minimum Gasteiger partial charge on any atom is -0.383 e. The van der Waals surface area contributed by atoms with Crippen molar-refractivity contribution in [3.63, 3.8) is 0 Å². The number of carbonyl (C=O) groups is 3. The van der Waals surface area contributed by atoms with E-state index < -0.39 is 6.03 Å².